The molecule has 1 aliphatic carbocycles. The smallest absolute Gasteiger partial charge is 0.248 e. The highest BCUT2D eigenvalue weighted by Gasteiger charge is 2.04. The molecule has 0 aromatic rings. The first-order valence-corrected chi connectivity index (χ1v) is 3.23. The van der Waals surface area contributed by atoms with E-state index in [2.05, 4.69) is 6.08 Å². The van der Waals surface area contributed by atoms with E-state index >= 15 is 0 Å². The number of nitrogens with two attached hydrogens (primary N) is 1. The minimum Gasteiger partial charge on any atom is -0.366 e. The summed E-state index contributed by atoms with van der Waals surface area (Å²) in [6.45, 7) is 0. The molecule has 0 bridgehead atoms. The van der Waals surface area contributed by atoms with Crippen molar-refractivity contribution in [3.8, 4) is 0 Å². The van der Waals surface area contributed by atoms with Crippen molar-refractivity contribution in [1.29, 1.82) is 0 Å². The molecule has 1 radical (unpaired) electrons. The van der Waals surface area contributed by atoms with Crippen LogP contribution in [0, 0.1) is 6.08 Å². The molecule has 1 amide bonds. The lowest BCUT2D eigenvalue weighted by Gasteiger charge is -2.01. The van der Waals surface area contributed by atoms with E-state index in [9.17, 15) is 4.79 Å². The zero-order valence-corrected chi connectivity index (χ0v) is 6.07. The molecular weight excluding hydrogens is 146 g/mol. The van der Waals surface area contributed by atoms with Crippen LogP contribution in [-0.2, 0) is 4.79 Å². The van der Waals surface area contributed by atoms with Crippen LogP contribution in [0.15, 0.2) is 17.7 Å². The summed E-state index contributed by atoms with van der Waals surface area (Å²) in [4.78, 5) is 11.2. The minimum atomic E-state index is -0.421. The van der Waals surface area contributed by atoms with Crippen molar-refractivity contribution in [2.75, 3.05) is 0 Å². The van der Waals surface area contributed by atoms with Crippen molar-refractivity contribution in [1.82, 2.24) is 0 Å². The molecule has 0 spiro atoms. The van der Waals surface area contributed by atoms with Crippen molar-refractivity contribution < 1.29 is 4.79 Å². The van der Waals surface area contributed by atoms with E-state index in [0.29, 0.717) is 16.9 Å². The third-order valence-electron chi connectivity index (χ3n) is 1.18. The second kappa shape index (κ2) is 2.75. The summed E-state index contributed by atoms with van der Waals surface area (Å²) in [5.74, 6) is -0.421. The number of hydrogen-bond acceptors (Lipinski definition) is 2. The maximum atomic E-state index is 10.5. The zero-order chi connectivity index (χ0) is 7.56. The predicted molar refractivity (Wildman–Crippen MR) is 42.3 cm³/mol. The summed E-state index contributed by atoms with van der Waals surface area (Å²) in [6, 6.07) is 0. The van der Waals surface area contributed by atoms with Crippen LogP contribution in [0.4, 0.5) is 0 Å². The Labute approximate surface area is 64.4 Å². The average Bonchev–Trinajstić information content (AvgIpc) is 1.88. The van der Waals surface area contributed by atoms with Gasteiger partial charge in [0.05, 0.1) is 0 Å². The van der Waals surface area contributed by atoms with Gasteiger partial charge in [-0.25, -0.2) is 0 Å². The number of thiocarbonyl (C=S) groups is 1. The summed E-state index contributed by atoms with van der Waals surface area (Å²) in [5, 5.41) is 0. The predicted octanol–water partition coefficient (Wildman–Crippen LogP) is 0.531. The Morgan fingerprint density at radius 1 is 1.80 bits per heavy atom. The van der Waals surface area contributed by atoms with Gasteiger partial charge in [-0.1, -0.05) is 18.3 Å². The van der Waals surface area contributed by atoms with E-state index in [0.717, 1.165) is 0 Å². The zero-order valence-electron chi connectivity index (χ0n) is 5.26. The molecule has 0 fully saturated rings. The first kappa shape index (κ1) is 7.15. The van der Waals surface area contributed by atoms with Crippen LogP contribution in [0.25, 0.3) is 0 Å². The quantitative estimate of drug-likeness (QED) is 0.557. The first-order valence-electron chi connectivity index (χ1n) is 2.82. The first-order chi connectivity index (χ1) is 4.70. The molecule has 0 unspecified atom stereocenters. The summed E-state index contributed by atoms with van der Waals surface area (Å²) in [5.41, 5.74) is 5.48. The fourth-order valence-corrected chi connectivity index (χ4v) is 0.793. The highest BCUT2D eigenvalue weighted by atomic mass is 32.1. The number of primary amides is 1. The Morgan fingerprint density at radius 2 is 2.50 bits per heavy atom. The van der Waals surface area contributed by atoms with Gasteiger partial charge in [-0.05, 0) is 12.2 Å². The molecule has 0 atom stereocenters. The van der Waals surface area contributed by atoms with Gasteiger partial charge in [-0.3, -0.25) is 4.79 Å². The van der Waals surface area contributed by atoms with Crippen LogP contribution >= 0.6 is 12.2 Å². The molecule has 1 rings (SSSR count). The van der Waals surface area contributed by atoms with E-state index in [4.69, 9.17) is 18.0 Å². The summed E-state index contributed by atoms with van der Waals surface area (Å²) < 4.78 is 0. The van der Waals surface area contributed by atoms with Crippen molar-refractivity contribution in [3.63, 3.8) is 0 Å². The summed E-state index contributed by atoms with van der Waals surface area (Å²) in [6.07, 6.45) is 6.58. The lowest BCUT2D eigenvalue weighted by molar-refractivity contribution is -0.114. The van der Waals surface area contributed by atoms with Crippen molar-refractivity contribution >= 4 is 23.0 Å². The van der Waals surface area contributed by atoms with Gasteiger partial charge in [0.1, 0.15) is 0 Å². The molecule has 0 heterocycles. The number of rotatable bonds is 1. The fraction of sp³-hybridized carbons (Fsp3) is 0.143. The maximum Gasteiger partial charge on any atom is 0.248 e. The molecule has 0 saturated heterocycles. The molecule has 51 valence electrons. The molecule has 0 aromatic heterocycles. The lowest BCUT2D eigenvalue weighted by atomic mass is 10.1. The second-order valence-corrected chi connectivity index (χ2v) is 2.43. The summed E-state index contributed by atoms with van der Waals surface area (Å²) in [7, 11) is 0. The van der Waals surface area contributed by atoms with Crippen LogP contribution < -0.4 is 5.73 Å². The second-order valence-electron chi connectivity index (χ2n) is 1.94. The Balaban J connectivity index is 2.77. The topological polar surface area (TPSA) is 43.1 Å². The van der Waals surface area contributed by atoms with Crippen molar-refractivity contribution in [2.24, 2.45) is 5.73 Å². The van der Waals surface area contributed by atoms with Crippen molar-refractivity contribution in [3.05, 3.63) is 23.8 Å². The van der Waals surface area contributed by atoms with E-state index in [-0.39, 0.29) is 0 Å². The van der Waals surface area contributed by atoms with Crippen LogP contribution in [0.3, 0.4) is 0 Å². The van der Waals surface area contributed by atoms with Crippen LogP contribution in [0.1, 0.15) is 6.42 Å². The average molecular weight is 152 g/mol. The van der Waals surface area contributed by atoms with Gasteiger partial charge in [0, 0.05) is 16.9 Å². The number of carbonyl (C=O) groups excluding carboxylic acids is 1. The van der Waals surface area contributed by atoms with E-state index in [1.165, 1.54) is 6.08 Å². The fourth-order valence-electron chi connectivity index (χ4n) is 0.650. The van der Waals surface area contributed by atoms with Gasteiger partial charge in [-0.15, -0.1) is 0 Å². The van der Waals surface area contributed by atoms with Crippen LogP contribution in [0.2, 0.25) is 0 Å². The molecule has 2 nitrogen and oxygen atoms in total. The Bertz CT molecular complexity index is 240. The Morgan fingerprint density at radius 3 is 2.90 bits per heavy atom. The van der Waals surface area contributed by atoms with Gasteiger partial charge >= 0.3 is 0 Å². The van der Waals surface area contributed by atoms with Gasteiger partial charge in [0.15, 0.2) is 0 Å². The SMILES string of the molecule is NC(=O)C1=CCC(=S)[C]=C1. The minimum absolute atomic E-state index is 0.421. The maximum absolute atomic E-state index is 10.5. The number of amides is 1. The number of carbonyl (C=O) groups is 1. The summed E-state index contributed by atoms with van der Waals surface area (Å²) >= 11 is 4.81. The number of hydrogen-bond donors (Lipinski definition) is 1. The number of allylic oxidation sites excluding steroid dienone is 2. The van der Waals surface area contributed by atoms with Gasteiger partial charge in [-0.2, -0.15) is 0 Å². The molecule has 2 N–H and O–H groups in total. The third kappa shape index (κ3) is 1.51. The molecule has 0 aliphatic heterocycles. The highest BCUT2D eigenvalue weighted by Crippen LogP contribution is 2.06. The molecule has 3 heteroatoms. The Hall–Kier alpha value is -0.960. The lowest BCUT2D eigenvalue weighted by Crippen LogP contribution is -2.14. The molecule has 10 heavy (non-hydrogen) atoms. The van der Waals surface area contributed by atoms with Gasteiger partial charge in [0.2, 0.25) is 5.91 Å². The molecule has 1 aliphatic rings. The highest BCUT2D eigenvalue weighted by molar-refractivity contribution is 7.80. The molecular formula is C7H6NOS. The Kier molecular flexibility index (Phi) is 1.97. The third-order valence-corrected chi connectivity index (χ3v) is 1.47. The van der Waals surface area contributed by atoms with Gasteiger partial charge < -0.3 is 5.73 Å². The monoisotopic (exact) mass is 152 g/mol. The van der Waals surface area contributed by atoms with Gasteiger partial charge in [0.25, 0.3) is 0 Å². The largest absolute Gasteiger partial charge is 0.366 e. The van der Waals surface area contributed by atoms with Crippen LogP contribution in [-0.4, -0.2) is 10.8 Å². The normalized spacial score (nSPS) is 16.8. The van der Waals surface area contributed by atoms with Crippen molar-refractivity contribution in [2.45, 2.75) is 6.42 Å². The van der Waals surface area contributed by atoms with E-state index < -0.39 is 5.91 Å². The van der Waals surface area contributed by atoms with E-state index in [1.54, 1.807) is 6.08 Å². The standard InChI is InChI=1S/C7H6NOS/c8-7(9)5-1-3-6(10)4-2-5/h1-2H,3H2,(H2,8,9). The molecule has 0 saturated carbocycles. The van der Waals surface area contributed by atoms with E-state index in [1.807, 2.05) is 0 Å². The van der Waals surface area contributed by atoms with Crippen LogP contribution in [0.5, 0.6) is 0 Å². The molecule has 0 aromatic carbocycles.